The number of hydrogen-bond donors (Lipinski definition) is 3. The Morgan fingerprint density at radius 2 is 2.32 bits per heavy atom. The molecular weight excluding hydrogens is 264 g/mol. The van der Waals surface area contributed by atoms with Crippen LogP contribution in [-0.2, 0) is 11.2 Å². The van der Waals surface area contributed by atoms with Crippen molar-refractivity contribution >= 4 is 34.0 Å². The minimum atomic E-state index is 0.0923. The van der Waals surface area contributed by atoms with Crippen molar-refractivity contribution in [3.05, 3.63) is 23.4 Å². The molecule has 3 rings (SSSR count). The number of anilines is 1. The number of Topliss-reactive ketones (excluding diaryl/α,β-unsaturated/α-hetero) is 1. The van der Waals surface area contributed by atoms with Crippen molar-refractivity contribution < 1.29 is 9.90 Å². The van der Waals surface area contributed by atoms with Gasteiger partial charge in [0, 0.05) is 47.6 Å². The van der Waals surface area contributed by atoms with Gasteiger partial charge < -0.3 is 15.4 Å². The molecule has 0 saturated heterocycles. The number of rotatable bonds is 3. The van der Waals surface area contributed by atoms with E-state index in [1.54, 1.807) is 13.0 Å². The average Bonchev–Trinajstić information content (AvgIpc) is 2.91. The summed E-state index contributed by atoms with van der Waals surface area (Å²) >= 11 is 6.00. The van der Waals surface area contributed by atoms with Gasteiger partial charge in [0.25, 0.3) is 0 Å². The number of benzene rings is 1. The monoisotopic (exact) mass is 278 g/mol. The van der Waals surface area contributed by atoms with Gasteiger partial charge in [-0.05, 0) is 18.6 Å². The summed E-state index contributed by atoms with van der Waals surface area (Å²) in [6.07, 6.45) is 0.349. The van der Waals surface area contributed by atoms with Gasteiger partial charge in [-0.3, -0.25) is 4.79 Å². The van der Waals surface area contributed by atoms with E-state index in [1.165, 1.54) is 0 Å². The van der Waals surface area contributed by atoms with Crippen LogP contribution in [0.2, 0.25) is 0 Å². The molecule has 0 fully saturated rings. The summed E-state index contributed by atoms with van der Waals surface area (Å²) in [6, 6.07) is 3.67. The van der Waals surface area contributed by atoms with Gasteiger partial charge in [-0.1, -0.05) is 0 Å². The molecule has 1 atom stereocenters. The summed E-state index contributed by atoms with van der Waals surface area (Å²) in [7, 11) is 0. The average molecular weight is 279 g/mol. The van der Waals surface area contributed by atoms with Gasteiger partial charge >= 0.3 is 0 Å². The molecule has 1 unspecified atom stereocenters. The number of fused-ring (bicyclic) bond motifs is 3. The van der Waals surface area contributed by atoms with Crippen LogP contribution in [0.3, 0.4) is 0 Å². The minimum Gasteiger partial charge on any atom is -0.506 e. The van der Waals surface area contributed by atoms with E-state index in [2.05, 4.69) is 10.3 Å². The van der Waals surface area contributed by atoms with Crippen molar-refractivity contribution in [3.63, 3.8) is 0 Å². The Balaban J connectivity index is 2.20. The summed E-state index contributed by atoms with van der Waals surface area (Å²) in [6.45, 7) is 2.34. The second-order valence-corrected chi connectivity index (χ2v) is 5.36. The van der Waals surface area contributed by atoms with Crippen molar-refractivity contribution in [1.82, 2.24) is 4.98 Å². The van der Waals surface area contributed by atoms with Crippen LogP contribution >= 0.6 is 11.6 Å². The Morgan fingerprint density at radius 3 is 3.00 bits per heavy atom. The zero-order chi connectivity index (χ0) is 13.6. The number of alkyl halides is 1. The van der Waals surface area contributed by atoms with Gasteiger partial charge in [0.2, 0.25) is 0 Å². The van der Waals surface area contributed by atoms with Crippen LogP contribution in [0, 0.1) is 0 Å². The Labute approximate surface area is 115 Å². The maximum Gasteiger partial charge on any atom is 0.141 e. The first-order chi connectivity index (χ1) is 9.10. The Hall–Kier alpha value is -1.68. The predicted octanol–water partition coefficient (Wildman–Crippen LogP) is 2.75. The van der Waals surface area contributed by atoms with Gasteiger partial charge in [-0.15, -0.1) is 11.6 Å². The van der Waals surface area contributed by atoms with Gasteiger partial charge in [-0.25, -0.2) is 0 Å². The Kier molecular flexibility index (Phi) is 2.90. The van der Waals surface area contributed by atoms with E-state index in [0.717, 1.165) is 28.9 Å². The van der Waals surface area contributed by atoms with E-state index in [9.17, 15) is 9.90 Å². The van der Waals surface area contributed by atoms with Crippen molar-refractivity contribution in [2.24, 2.45) is 0 Å². The van der Waals surface area contributed by atoms with Crippen molar-refractivity contribution in [1.29, 1.82) is 0 Å². The SMILES string of the molecule is CC(=O)Cc1cc2c3c(cc(O)c2[nH]1)NCC3CCl. The number of halogens is 1. The van der Waals surface area contributed by atoms with E-state index >= 15 is 0 Å². The Morgan fingerprint density at radius 1 is 1.53 bits per heavy atom. The fourth-order valence-corrected chi connectivity index (χ4v) is 3.04. The summed E-state index contributed by atoms with van der Waals surface area (Å²) < 4.78 is 0. The van der Waals surface area contributed by atoms with Gasteiger partial charge in [0.1, 0.15) is 11.5 Å². The smallest absolute Gasteiger partial charge is 0.141 e. The minimum absolute atomic E-state index is 0.0923. The summed E-state index contributed by atoms with van der Waals surface area (Å²) in [5.74, 6) is 1.06. The number of aromatic hydroxyl groups is 1. The number of carbonyl (C=O) groups excluding carboxylic acids is 1. The lowest BCUT2D eigenvalue weighted by Crippen LogP contribution is -2.02. The third kappa shape index (κ3) is 1.96. The van der Waals surface area contributed by atoms with E-state index in [4.69, 9.17) is 11.6 Å². The number of phenolic OH excluding ortho intramolecular Hbond substituents is 1. The van der Waals surface area contributed by atoms with Crippen LogP contribution in [0.4, 0.5) is 5.69 Å². The van der Waals surface area contributed by atoms with E-state index in [-0.39, 0.29) is 17.5 Å². The number of phenols is 1. The van der Waals surface area contributed by atoms with Crippen LogP contribution in [0.15, 0.2) is 12.1 Å². The molecule has 0 amide bonds. The molecule has 19 heavy (non-hydrogen) atoms. The predicted molar refractivity (Wildman–Crippen MR) is 76.3 cm³/mol. The van der Waals surface area contributed by atoms with Gasteiger partial charge in [0.05, 0.1) is 5.52 Å². The van der Waals surface area contributed by atoms with Crippen molar-refractivity contribution in [2.75, 3.05) is 17.7 Å². The quantitative estimate of drug-likeness (QED) is 0.757. The maximum atomic E-state index is 11.2. The number of carbonyl (C=O) groups is 1. The molecule has 0 aliphatic carbocycles. The molecule has 0 radical (unpaired) electrons. The number of ketones is 1. The molecule has 3 N–H and O–H groups in total. The molecule has 1 aromatic heterocycles. The molecular formula is C14H15ClN2O2. The fraction of sp³-hybridized carbons (Fsp3) is 0.357. The van der Waals surface area contributed by atoms with Gasteiger partial charge in [0.15, 0.2) is 0 Å². The standard InChI is InChI=1S/C14H15ClN2O2/c1-7(18)2-9-3-10-13-8(5-15)6-16-11(13)4-12(19)14(10)17-9/h3-4,8,16-17,19H,2,5-6H2,1H3. The largest absolute Gasteiger partial charge is 0.506 e. The molecule has 1 aliphatic rings. The van der Waals surface area contributed by atoms with Gasteiger partial charge in [-0.2, -0.15) is 0 Å². The van der Waals surface area contributed by atoms with Crippen LogP contribution in [-0.4, -0.2) is 28.3 Å². The number of aromatic nitrogens is 1. The molecule has 5 heteroatoms. The van der Waals surface area contributed by atoms with Crippen LogP contribution in [0.1, 0.15) is 24.1 Å². The topological polar surface area (TPSA) is 65.1 Å². The first kappa shape index (κ1) is 12.4. The summed E-state index contributed by atoms with van der Waals surface area (Å²) in [4.78, 5) is 14.3. The highest BCUT2D eigenvalue weighted by atomic mass is 35.5. The van der Waals surface area contributed by atoms with Crippen LogP contribution in [0.25, 0.3) is 10.9 Å². The first-order valence-corrected chi connectivity index (χ1v) is 6.80. The molecule has 1 aliphatic heterocycles. The number of H-pyrrole nitrogens is 1. The number of nitrogens with one attached hydrogen (secondary N) is 2. The highest BCUT2D eigenvalue weighted by molar-refractivity contribution is 6.18. The molecule has 0 bridgehead atoms. The molecule has 2 aromatic rings. The highest BCUT2D eigenvalue weighted by Crippen LogP contribution is 2.42. The lowest BCUT2D eigenvalue weighted by molar-refractivity contribution is -0.116. The van der Waals surface area contributed by atoms with Crippen molar-refractivity contribution in [2.45, 2.75) is 19.3 Å². The first-order valence-electron chi connectivity index (χ1n) is 6.27. The van der Waals surface area contributed by atoms with Crippen LogP contribution < -0.4 is 5.32 Å². The maximum absolute atomic E-state index is 11.2. The number of hydrogen-bond acceptors (Lipinski definition) is 3. The molecule has 100 valence electrons. The molecule has 4 nitrogen and oxygen atoms in total. The van der Waals surface area contributed by atoms with Crippen molar-refractivity contribution in [3.8, 4) is 5.75 Å². The summed E-state index contributed by atoms with van der Waals surface area (Å²) in [5, 5.41) is 14.3. The normalized spacial score (nSPS) is 17.5. The van der Waals surface area contributed by atoms with Crippen LogP contribution in [0.5, 0.6) is 5.75 Å². The zero-order valence-electron chi connectivity index (χ0n) is 10.6. The number of aromatic amines is 1. The second-order valence-electron chi connectivity index (χ2n) is 5.05. The second kappa shape index (κ2) is 4.46. The van der Waals surface area contributed by atoms with E-state index in [0.29, 0.717) is 17.8 Å². The molecule has 1 aromatic carbocycles. The summed E-state index contributed by atoms with van der Waals surface area (Å²) in [5.41, 5.74) is 3.58. The van der Waals surface area contributed by atoms with E-state index in [1.807, 2.05) is 6.07 Å². The highest BCUT2D eigenvalue weighted by Gasteiger charge is 2.26. The lowest BCUT2D eigenvalue weighted by Gasteiger charge is -2.07. The van der Waals surface area contributed by atoms with E-state index < -0.39 is 0 Å². The molecule has 0 saturated carbocycles. The molecule has 2 heterocycles. The third-order valence-corrected chi connectivity index (χ3v) is 3.94. The third-order valence-electron chi connectivity index (χ3n) is 3.56. The Bertz CT molecular complexity index is 663. The molecule has 0 spiro atoms. The zero-order valence-corrected chi connectivity index (χ0v) is 11.3. The fourth-order valence-electron chi connectivity index (χ4n) is 2.77. The lowest BCUT2D eigenvalue weighted by atomic mass is 9.98.